The first-order valence-corrected chi connectivity index (χ1v) is 6.65. The maximum absolute atomic E-state index is 11.7. The third-order valence-corrected chi connectivity index (χ3v) is 4.39. The fraction of sp³-hybridized carbons (Fsp3) is 0.889. The van der Waals surface area contributed by atoms with Gasteiger partial charge in [0.25, 0.3) is 0 Å². The number of carbonyl (C=O) groups excluding carboxylic acids is 1. The van der Waals surface area contributed by atoms with E-state index in [2.05, 4.69) is 0 Å². The molecule has 15 heavy (non-hydrogen) atoms. The zero-order chi connectivity index (χ0) is 11.3. The van der Waals surface area contributed by atoms with Crippen molar-refractivity contribution in [1.82, 2.24) is 0 Å². The first-order valence-electron chi connectivity index (χ1n) is 4.92. The van der Waals surface area contributed by atoms with Gasteiger partial charge in [-0.1, -0.05) is 0 Å². The third-order valence-electron chi connectivity index (χ3n) is 2.58. The number of ketones is 1. The van der Waals surface area contributed by atoms with Crippen LogP contribution in [0.1, 0.15) is 12.8 Å². The second kappa shape index (κ2) is 5.75. The lowest BCUT2D eigenvalue weighted by Crippen LogP contribution is -2.26. The maximum atomic E-state index is 11.7. The molecule has 5 nitrogen and oxygen atoms in total. The second-order valence-electron chi connectivity index (χ2n) is 3.49. The maximum Gasteiger partial charge on any atom is 0.337 e. The molecular weight excluding hydrogens is 219 g/mol. The van der Waals surface area contributed by atoms with Gasteiger partial charge < -0.3 is 13.8 Å². The van der Waals surface area contributed by atoms with Crippen LogP contribution in [0.2, 0.25) is 0 Å². The molecule has 0 atom stereocenters. The molecule has 0 aliphatic carbocycles. The Morgan fingerprint density at radius 3 is 2.33 bits per heavy atom. The number of hydrogen-bond donors (Lipinski definition) is 0. The molecule has 88 valence electrons. The molecule has 1 saturated heterocycles. The van der Waals surface area contributed by atoms with Gasteiger partial charge in [-0.3, -0.25) is 9.36 Å². The summed E-state index contributed by atoms with van der Waals surface area (Å²) in [6.45, 7) is 1.20. The lowest BCUT2D eigenvalue weighted by atomic mass is 9.96. The molecule has 0 aromatic heterocycles. The molecule has 0 N–H and O–H groups in total. The standard InChI is InChI=1S/C9H17O5P/c1-12-15(11,13-2)7-9(10)8-3-5-14-6-4-8/h8H,3-7H2,1-2H3. The van der Waals surface area contributed by atoms with Gasteiger partial charge >= 0.3 is 7.60 Å². The summed E-state index contributed by atoms with van der Waals surface area (Å²) in [6, 6.07) is 0. The molecule has 0 spiro atoms. The minimum atomic E-state index is -3.19. The second-order valence-corrected chi connectivity index (χ2v) is 5.76. The monoisotopic (exact) mass is 236 g/mol. The van der Waals surface area contributed by atoms with Gasteiger partial charge in [0.15, 0.2) is 0 Å². The molecule has 0 bridgehead atoms. The third kappa shape index (κ3) is 3.68. The van der Waals surface area contributed by atoms with E-state index >= 15 is 0 Å². The van der Waals surface area contributed by atoms with Gasteiger partial charge in [0, 0.05) is 33.4 Å². The predicted molar refractivity (Wildman–Crippen MR) is 55.0 cm³/mol. The van der Waals surface area contributed by atoms with Crippen LogP contribution >= 0.6 is 7.60 Å². The molecule has 1 rings (SSSR count). The molecule has 0 saturated carbocycles. The summed E-state index contributed by atoms with van der Waals surface area (Å²) in [5, 5.41) is 0. The van der Waals surface area contributed by atoms with E-state index in [1.54, 1.807) is 0 Å². The Labute approximate surface area is 89.6 Å². The largest absolute Gasteiger partial charge is 0.381 e. The molecule has 0 radical (unpaired) electrons. The van der Waals surface area contributed by atoms with E-state index < -0.39 is 7.60 Å². The van der Waals surface area contributed by atoms with Crippen LogP contribution in [0.5, 0.6) is 0 Å². The van der Waals surface area contributed by atoms with Crippen molar-refractivity contribution in [2.24, 2.45) is 5.92 Å². The highest BCUT2D eigenvalue weighted by molar-refractivity contribution is 7.54. The zero-order valence-electron chi connectivity index (χ0n) is 9.10. The normalized spacial score (nSPS) is 19.1. The first kappa shape index (κ1) is 12.8. The molecular formula is C9H17O5P. The fourth-order valence-electron chi connectivity index (χ4n) is 1.54. The minimum absolute atomic E-state index is 0.0506. The van der Waals surface area contributed by atoms with E-state index in [9.17, 15) is 9.36 Å². The number of carbonyl (C=O) groups is 1. The fourth-order valence-corrected chi connectivity index (χ4v) is 2.59. The van der Waals surface area contributed by atoms with Gasteiger partial charge in [-0.2, -0.15) is 0 Å². The summed E-state index contributed by atoms with van der Waals surface area (Å²) in [6.07, 6.45) is 1.27. The van der Waals surface area contributed by atoms with Crippen LogP contribution in [0.25, 0.3) is 0 Å². The lowest BCUT2D eigenvalue weighted by molar-refractivity contribution is -0.123. The lowest BCUT2D eigenvalue weighted by Gasteiger charge is -2.22. The molecule has 0 aromatic carbocycles. The molecule has 1 aliphatic rings. The summed E-state index contributed by atoms with van der Waals surface area (Å²) in [5.74, 6) is -0.109. The van der Waals surface area contributed by atoms with Gasteiger partial charge in [0.1, 0.15) is 11.9 Å². The molecule has 1 aliphatic heterocycles. The van der Waals surface area contributed by atoms with Gasteiger partial charge in [0.05, 0.1) is 0 Å². The Morgan fingerprint density at radius 2 is 1.87 bits per heavy atom. The first-order chi connectivity index (χ1) is 7.11. The summed E-state index contributed by atoms with van der Waals surface area (Å²) in [7, 11) is -0.608. The molecule has 6 heteroatoms. The minimum Gasteiger partial charge on any atom is -0.381 e. The van der Waals surface area contributed by atoms with E-state index in [-0.39, 0.29) is 17.9 Å². The smallest absolute Gasteiger partial charge is 0.337 e. The van der Waals surface area contributed by atoms with E-state index in [1.165, 1.54) is 14.2 Å². The number of rotatable bonds is 5. The van der Waals surface area contributed by atoms with Crippen molar-refractivity contribution in [1.29, 1.82) is 0 Å². The van der Waals surface area contributed by atoms with Crippen LogP contribution in [-0.2, 0) is 23.1 Å². The van der Waals surface area contributed by atoms with Crippen LogP contribution in [0, 0.1) is 5.92 Å². The van der Waals surface area contributed by atoms with Crippen LogP contribution in [0.15, 0.2) is 0 Å². The van der Waals surface area contributed by atoms with Crippen molar-refractivity contribution < 1.29 is 23.1 Å². The van der Waals surface area contributed by atoms with Crippen LogP contribution in [0.4, 0.5) is 0 Å². The van der Waals surface area contributed by atoms with Crippen LogP contribution in [-0.4, -0.2) is 39.4 Å². The van der Waals surface area contributed by atoms with E-state index in [1.807, 2.05) is 0 Å². The zero-order valence-corrected chi connectivity index (χ0v) is 10.00. The van der Waals surface area contributed by atoms with Crippen molar-refractivity contribution in [2.45, 2.75) is 12.8 Å². The van der Waals surface area contributed by atoms with Gasteiger partial charge in [-0.05, 0) is 12.8 Å². The predicted octanol–water partition coefficient (Wildman–Crippen LogP) is 1.47. The van der Waals surface area contributed by atoms with Crippen molar-refractivity contribution in [2.75, 3.05) is 33.6 Å². The van der Waals surface area contributed by atoms with E-state index in [0.29, 0.717) is 26.1 Å². The summed E-state index contributed by atoms with van der Waals surface area (Å²) in [5.41, 5.74) is 0. The van der Waals surface area contributed by atoms with Crippen molar-refractivity contribution in [3.05, 3.63) is 0 Å². The highest BCUT2D eigenvalue weighted by atomic mass is 31.2. The average Bonchev–Trinajstić information content (AvgIpc) is 2.30. The Hall–Kier alpha value is -0.220. The van der Waals surface area contributed by atoms with Crippen LogP contribution < -0.4 is 0 Å². The highest BCUT2D eigenvalue weighted by Gasteiger charge is 2.30. The number of Topliss-reactive ketones (excluding diaryl/α,β-unsaturated/α-hetero) is 1. The van der Waals surface area contributed by atoms with Crippen LogP contribution in [0.3, 0.4) is 0 Å². The molecule has 1 heterocycles. The van der Waals surface area contributed by atoms with Gasteiger partial charge in [-0.25, -0.2) is 0 Å². The molecule has 0 unspecified atom stereocenters. The van der Waals surface area contributed by atoms with E-state index in [0.717, 1.165) is 0 Å². The van der Waals surface area contributed by atoms with Crippen molar-refractivity contribution in [3.8, 4) is 0 Å². The molecule has 0 amide bonds. The summed E-state index contributed by atoms with van der Waals surface area (Å²) in [4.78, 5) is 11.7. The molecule has 0 aromatic rings. The Bertz CT molecular complexity index is 251. The Kier molecular flexibility index (Phi) is 4.93. The van der Waals surface area contributed by atoms with Crippen molar-refractivity contribution in [3.63, 3.8) is 0 Å². The highest BCUT2D eigenvalue weighted by Crippen LogP contribution is 2.46. The van der Waals surface area contributed by atoms with E-state index in [4.69, 9.17) is 13.8 Å². The number of ether oxygens (including phenoxy) is 1. The Morgan fingerprint density at radius 1 is 1.33 bits per heavy atom. The van der Waals surface area contributed by atoms with Gasteiger partial charge in [0.2, 0.25) is 0 Å². The Balaban J connectivity index is 2.49. The topological polar surface area (TPSA) is 61.8 Å². The average molecular weight is 236 g/mol. The number of hydrogen-bond acceptors (Lipinski definition) is 5. The summed E-state index contributed by atoms with van der Waals surface area (Å²) < 4.78 is 26.3. The summed E-state index contributed by atoms with van der Waals surface area (Å²) >= 11 is 0. The molecule has 1 fully saturated rings. The quantitative estimate of drug-likeness (QED) is 0.676. The van der Waals surface area contributed by atoms with Crippen molar-refractivity contribution >= 4 is 13.4 Å². The SMILES string of the molecule is COP(=O)(CC(=O)C1CCOCC1)OC. The van der Waals surface area contributed by atoms with Gasteiger partial charge in [-0.15, -0.1) is 0 Å².